The summed E-state index contributed by atoms with van der Waals surface area (Å²) in [5.41, 5.74) is 1.52. The third kappa shape index (κ3) is 4.96. The first kappa shape index (κ1) is 18.3. The molecule has 0 radical (unpaired) electrons. The lowest BCUT2D eigenvalue weighted by atomic mass is 10.1. The van der Waals surface area contributed by atoms with Crippen LogP contribution in [0.1, 0.15) is 43.1 Å². The van der Waals surface area contributed by atoms with E-state index in [1.807, 2.05) is 39.0 Å². The van der Waals surface area contributed by atoms with Gasteiger partial charge in [0.05, 0.1) is 19.3 Å². The van der Waals surface area contributed by atoms with Crippen LogP contribution in [0, 0.1) is 0 Å². The second-order valence-corrected chi connectivity index (χ2v) is 6.26. The monoisotopic (exact) mass is 333 g/mol. The molecule has 6 nitrogen and oxygen atoms in total. The topological polar surface area (TPSA) is 70.7 Å². The number of ether oxygens (including phenoxy) is 1. The smallest absolute Gasteiger partial charge is 0.318 e. The minimum Gasteiger partial charge on any atom is -0.377 e. The van der Waals surface area contributed by atoms with Crippen LogP contribution in [0.3, 0.4) is 0 Å². The molecule has 0 aliphatic carbocycles. The van der Waals surface area contributed by atoms with Crippen LogP contribution in [0.15, 0.2) is 24.3 Å². The van der Waals surface area contributed by atoms with Crippen molar-refractivity contribution in [3.05, 3.63) is 35.4 Å². The summed E-state index contributed by atoms with van der Waals surface area (Å²) in [4.78, 5) is 26.2. The van der Waals surface area contributed by atoms with E-state index in [4.69, 9.17) is 4.74 Å². The maximum Gasteiger partial charge on any atom is 0.318 e. The van der Waals surface area contributed by atoms with Crippen molar-refractivity contribution < 1.29 is 14.3 Å². The van der Waals surface area contributed by atoms with E-state index in [2.05, 4.69) is 10.6 Å². The lowest BCUT2D eigenvalue weighted by Gasteiger charge is -2.33. The van der Waals surface area contributed by atoms with Crippen molar-refractivity contribution in [3.8, 4) is 0 Å². The van der Waals surface area contributed by atoms with Gasteiger partial charge in [0.15, 0.2) is 0 Å². The Balaban J connectivity index is 1.92. The summed E-state index contributed by atoms with van der Waals surface area (Å²) in [6.07, 6.45) is 0.888. The van der Waals surface area contributed by atoms with Crippen LogP contribution in [-0.2, 0) is 11.3 Å². The second-order valence-electron chi connectivity index (χ2n) is 6.26. The van der Waals surface area contributed by atoms with Crippen molar-refractivity contribution in [2.75, 3.05) is 19.8 Å². The van der Waals surface area contributed by atoms with Crippen LogP contribution >= 0.6 is 0 Å². The molecule has 1 aromatic carbocycles. The van der Waals surface area contributed by atoms with Gasteiger partial charge in [-0.05, 0) is 38.0 Å². The number of hydrogen-bond acceptors (Lipinski definition) is 3. The largest absolute Gasteiger partial charge is 0.377 e. The first-order valence-corrected chi connectivity index (χ1v) is 8.53. The van der Waals surface area contributed by atoms with Crippen LogP contribution in [0.2, 0.25) is 0 Å². The average Bonchev–Trinajstić information content (AvgIpc) is 2.60. The maximum atomic E-state index is 12.3. The fourth-order valence-corrected chi connectivity index (χ4v) is 2.54. The zero-order valence-electron chi connectivity index (χ0n) is 14.7. The molecular formula is C18H27N3O3. The van der Waals surface area contributed by atoms with Gasteiger partial charge >= 0.3 is 6.03 Å². The Hall–Kier alpha value is -2.08. The predicted molar refractivity (Wildman–Crippen MR) is 92.9 cm³/mol. The molecule has 1 aliphatic rings. The molecular weight excluding hydrogens is 306 g/mol. The molecule has 1 unspecified atom stereocenters. The number of morpholine rings is 1. The Bertz CT molecular complexity index is 576. The number of rotatable bonds is 5. The van der Waals surface area contributed by atoms with Crippen LogP contribution in [0.5, 0.6) is 0 Å². The summed E-state index contributed by atoms with van der Waals surface area (Å²) in [7, 11) is 0. The van der Waals surface area contributed by atoms with E-state index < -0.39 is 0 Å². The highest BCUT2D eigenvalue weighted by Crippen LogP contribution is 2.09. The summed E-state index contributed by atoms with van der Waals surface area (Å²) < 4.78 is 5.34. The molecule has 1 saturated heterocycles. The Morgan fingerprint density at radius 1 is 1.42 bits per heavy atom. The number of hydrogen-bond donors (Lipinski definition) is 2. The minimum absolute atomic E-state index is 0.0754. The highest BCUT2D eigenvalue weighted by atomic mass is 16.5. The molecule has 0 aromatic heterocycles. The first-order valence-electron chi connectivity index (χ1n) is 8.53. The third-order valence-electron chi connectivity index (χ3n) is 4.25. The summed E-state index contributed by atoms with van der Waals surface area (Å²) >= 11 is 0. The molecule has 0 spiro atoms. The van der Waals surface area contributed by atoms with Crippen molar-refractivity contribution in [1.82, 2.24) is 15.5 Å². The molecule has 2 atom stereocenters. The molecule has 2 rings (SSSR count). The number of nitrogens with one attached hydrogen (secondary N) is 2. The summed E-state index contributed by atoms with van der Waals surface area (Å²) in [6.45, 7) is 8.12. The second kappa shape index (κ2) is 8.68. The van der Waals surface area contributed by atoms with E-state index in [1.54, 1.807) is 11.0 Å². The van der Waals surface area contributed by atoms with E-state index in [1.165, 1.54) is 0 Å². The minimum atomic E-state index is -0.0970. The van der Waals surface area contributed by atoms with E-state index >= 15 is 0 Å². The van der Waals surface area contributed by atoms with E-state index in [0.717, 1.165) is 12.0 Å². The Morgan fingerprint density at radius 2 is 2.21 bits per heavy atom. The summed E-state index contributed by atoms with van der Waals surface area (Å²) in [5.74, 6) is -0.0840. The van der Waals surface area contributed by atoms with E-state index in [9.17, 15) is 9.59 Å². The molecule has 132 valence electrons. The van der Waals surface area contributed by atoms with Gasteiger partial charge in [-0.2, -0.15) is 0 Å². The lowest BCUT2D eigenvalue weighted by Crippen LogP contribution is -2.51. The van der Waals surface area contributed by atoms with Crippen molar-refractivity contribution in [2.24, 2.45) is 0 Å². The van der Waals surface area contributed by atoms with Crippen molar-refractivity contribution >= 4 is 11.9 Å². The van der Waals surface area contributed by atoms with Crippen LogP contribution in [0.4, 0.5) is 4.79 Å². The Kier molecular flexibility index (Phi) is 6.61. The molecule has 3 amide bonds. The fourth-order valence-electron chi connectivity index (χ4n) is 2.54. The van der Waals surface area contributed by atoms with Gasteiger partial charge in [0.25, 0.3) is 5.91 Å². The predicted octanol–water partition coefficient (Wildman–Crippen LogP) is 2.15. The van der Waals surface area contributed by atoms with Gasteiger partial charge in [0.2, 0.25) is 0 Å². The highest BCUT2D eigenvalue weighted by Gasteiger charge is 2.23. The van der Waals surface area contributed by atoms with E-state index in [-0.39, 0.29) is 24.0 Å². The normalized spacial score (nSPS) is 18.8. The fraction of sp³-hybridized carbons (Fsp3) is 0.556. The molecule has 24 heavy (non-hydrogen) atoms. The number of nitrogens with zero attached hydrogens (tertiary/aromatic N) is 1. The Labute approximate surface area is 143 Å². The van der Waals surface area contributed by atoms with Gasteiger partial charge in [0, 0.05) is 24.7 Å². The molecule has 1 heterocycles. The highest BCUT2D eigenvalue weighted by molar-refractivity contribution is 5.94. The summed E-state index contributed by atoms with van der Waals surface area (Å²) in [5, 5.41) is 5.86. The molecule has 1 aromatic rings. The van der Waals surface area contributed by atoms with Gasteiger partial charge < -0.3 is 20.3 Å². The molecule has 0 bridgehead atoms. The van der Waals surface area contributed by atoms with Crippen molar-refractivity contribution in [3.63, 3.8) is 0 Å². The number of urea groups is 1. The number of amides is 3. The SMILES string of the molecule is CCC(C)NC(=O)c1cccc(CNC(=O)N2CCOC[C@H]2C)c1. The maximum absolute atomic E-state index is 12.3. The van der Waals surface area contributed by atoms with E-state index in [0.29, 0.717) is 31.9 Å². The number of carbonyl (C=O) groups excluding carboxylic acids is 2. The van der Waals surface area contributed by atoms with Gasteiger partial charge in [-0.15, -0.1) is 0 Å². The van der Waals surface area contributed by atoms with Crippen LogP contribution in [0.25, 0.3) is 0 Å². The molecule has 2 N–H and O–H groups in total. The molecule has 6 heteroatoms. The number of benzene rings is 1. The van der Waals surface area contributed by atoms with Gasteiger partial charge in [-0.25, -0.2) is 4.79 Å². The summed E-state index contributed by atoms with van der Waals surface area (Å²) in [6, 6.07) is 7.47. The molecule has 1 fully saturated rings. The standard InChI is InChI=1S/C18H27N3O3/c1-4-13(2)20-17(22)16-7-5-6-15(10-16)11-19-18(23)21-8-9-24-12-14(21)3/h5-7,10,13-14H,4,8-9,11-12H2,1-3H3,(H,19,23)(H,20,22)/t13?,14-/m1/s1. The zero-order valence-corrected chi connectivity index (χ0v) is 14.7. The zero-order chi connectivity index (χ0) is 17.5. The Morgan fingerprint density at radius 3 is 2.92 bits per heavy atom. The van der Waals surface area contributed by atoms with Gasteiger partial charge in [-0.1, -0.05) is 19.1 Å². The first-order chi connectivity index (χ1) is 11.5. The van der Waals surface area contributed by atoms with Crippen LogP contribution in [-0.4, -0.2) is 48.7 Å². The molecule has 0 saturated carbocycles. The van der Waals surface area contributed by atoms with Crippen molar-refractivity contribution in [1.29, 1.82) is 0 Å². The molecule has 1 aliphatic heterocycles. The lowest BCUT2D eigenvalue weighted by molar-refractivity contribution is 0.0190. The average molecular weight is 333 g/mol. The van der Waals surface area contributed by atoms with Crippen molar-refractivity contribution in [2.45, 2.75) is 45.8 Å². The van der Waals surface area contributed by atoms with Gasteiger partial charge in [0.1, 0.15) is 0 Å². The van der Waals surface area contributed by atoms with Gasteiger partial charge in [-0.3, -0.25) is 4.79 Å². The third-order valence-corrected chi connectivity index (χ3v) is 4.25. The quantitative estimate of drug-likeness (QED) is 0.867. The van der Waals surface area contributed by atoms with Crippen LogP contribution < -0.4 is 10.6 Å². The number of carbonyl (C=O) groups is 2.